The normalized spacial score (nSPS) is 20.1. The van der Waals surface area contributed by atoms with E-state index in [1.807, 2.05) is 6.07 Å². The van der Waals surface area contributed by atoms with Gasteiger partial charge in [0.05, 0.1) is 17.7 Å². The Bertz CT molecular complexity index is 1200. The first-order valence-electron chi connectivity index (χ1n) is 10.2. The van der Waals surface area contributed by atoms with Gasteiger partial charge in [-0.2, -0.15) is 5.26 Å². The van der Waals surface area contributed by atoms with Crippen LogP contribution in [0.15, 0.2) is 41.3 Å². The fourth-order valence-corrected chi connectivity index (χ4v) is 3.86. The Morgan fingerprint density at radius 2 is 1.91 bits per heavy atom. The smallest absolute Gasteiger partial charge is 0.294 e. The monoisotopic (exact) mass is 474 g/mol. The summed E-state index contributed by atoms with van der Waals surface area (Å²) in [6.07, 6.45) is -2.60. The molecule has 0 spiro atoms. The molecule has 1 aromatic heterocycles. The van der Waals surface area contributed by atoms with Crippen LogP contribution in [0, 0.1) is 31.6 Å². The van der Waals surface area contributed by atoms with Crippen LogP contribution in [-0.4, -0.2) is 43.8 Å². The summed E-state index contributed by atoms with van der Waals surface area (Å²) in [5, 5.41) is 39.5. The first-order valence-corrected chi connectivity index (χ1v) is 10.2. The number of ether oxygens (including phenoxy) is 1. The Kier molecular flexibility index (Phi) is 6.73. The highest BCUT2D eigenvalue weighted by atomic mass is 17.0. The van der Waals surface area contributed by atoms with E-state index >= 15 is 0 Å². The van der Waals surface area contributed by atoms with E-state index < -0.39 is 45.7 Å². The van der Waals surface area contributed by atoms with Gasteiger partial charge in [0.15, 0.2) is 0 Å². The number of benzene rings is 1. The van der Waals surface area contributed by atoms with Gasteiger partial charge < -0.3 is 24.1 Å². The molecule has 0 saturated carbocycles. The molecule has 1 N–H and O–H groups in total. The lowest BCUT2D eigenvalue weighted by Gasteiger charge is -2.42. The summed E-state index contributed by atoms with van der Waals surface area (Å²) in [5.41, 5.74) is -0.523. The second-order valence-electron chi connectivity index (χ2n) is 8.35. The number of aromatic nitrogens is 1. The molecule has 0 amide bonds. The zero-order chi connectivity index (χ0) is 25.2. The Morgan fingerprint density at radius 3 is 2.50 bits per heavy atom. The topological polar surface area (TPSA) is 180 Å². The van der Waals surface area contributed by atoms with Crippen LogP contribution in [0.1, 0.15) is 43.5 Å². The SMILES string of the molecule is CC(O[N+](=O)[O-])C(Cc1ccn([C@@H]2c3cc(C#N)ccc3OC(C)(C)[C@H]2O)c(=O)c1)O[N+](=O)[O-]. The summed E-state index contributed by atoms with van der Waals surface area (Å²) < 4.78 is 7.15. The van der Waals surface area contributed by atoms with E-state index in [0.29, 0.717) is 22.4 Å². The predicted octanol–water partition coefficient (Wildman–Crippen LogP) is 1.56. The molecule has 13 nitrogen and oxygen atoms in total. The van der Waals surface area contributed by atoms with Crippen LogP contribution in [0.4, 0.5) is 0 Å². The van der Waals surface area contributed by atoms with Crippen molar-refractivity contribution in [2.75, 3.05) is 0 Å². The Labute approximate surface area is 192 Å². The van der Waals surface area contributed by atoms with Gasteiger partial charge in [0.1, 0.15) is 29.7 Å². The summed E-state index contributed by atoms with van der Waals surface area (Å²) in [6.45, 7) is 4.57. The molecule has 1 aromatic carbocycles. The fourth-order valence-electron chi connectivity index (χ4n) is 3.86. The fraction of sp³-hybridized carbons (Fsp3) is 0.429. The quantitative estimate of drug-likeness (QED) is 0.435. The summed E-state index contributed by atoms with van der Waals surface area (Å²) in [5.74, 6) is 0.417. The molecule has 2 unspecified atom stereocenters. The molecule has 1 aliphatic heterocycles. The van der Waals surface area contributed by atoms with Crippen LogP contribution < -0.4 is 10.3 Å². The summed E-state index contributed by atoms with van der Waals surface area (Å²) in [4.78, 5) is 43.3. The highest BCUT2D eigenvalue weighted by Crippen LogP contribution is 2.41. The molecule has 0 aliphatic carbocycles. The third-order valence-electron chi connectivity index (χ3n) is 5.59. The van der Waals surface area contributed by atoms with Crippen molar-refractivity contribution in [2.45, 2.75) is 57.1 Å². The van der Waals surface area contributed by atoms with Gasteiger partial charge in [-0.25, -0.2) is 0 Å². The Balaban J connectivity index is 1.98. The molecule has 34 heavy (non-hydrogen) atoms. The van der Waals surface area contributed by atoms with E-state index in [-0.39, 0.29) is 6.42 Å². The molecule has 2 heterocycles. The number of fused-ring (bicyclic) bond motifs is 1. The molecule has 0 fully saturated rings. The first kappa shape index (κ1) is 24.5. The summed E-state index contributed by atoms with van der Waals surface area (Å²) in [7, 11) is 0. The Hall–Kier alpha value is -4.18. The Morgan fingerprint density at radius 1 is 1.24 bits per heavy atom. The van der Waals surface area contributed by atoms with E-state index in [1.54, 1.807) is 26.0 Å². The van der Waals surface area contributed by atoms with Gasteiger partial charge in [0.2, 0.25) is 0 Å². The number of nitriles is 1. The molecule has 0 saturated heterocycles. The van der Waals surface area contributed by atoms with Crippen LogP contribution in [0.5, 0.6) is 5.75 Å². The van der Waals surface area contributed by atoms with E-state index in [1.165, 1.54) is 35.9 Å². The molecule has 1 aliphatic rings. The van der Waals surface area contributed by atoms with E-state index in [0.717, 1.165) is 0 Å². The molecule has 180 valence electrons. The molecular formula is C21H22N4O9. The van der Waals surface area contributed by atoms with Crippen molar-refractivity contribution in [3.63, 3.8) is 0 Å². The lowest BCUT2D eigenvalue weighted by molar-refractivity contribution is -0.798. The predicted molar refractivity (Wildman–Crippen MR) is 114 cm³/mol. The average Bonchev–Trinajstić information content (AvgIpc) is 2.74. The molecule has 0 radical (unpaired) electrons. The zero-order valence-electron chi connectivity index (χ0n) is 18.5. The van der Waals surface area contributed by atoms with E-state index in [4.69, 9.17) is 4.74 Å². The number of pyridine rings is 1. The molecule has 4 atom stereocenters. The summed E-state index contributed by atoms with van der Waals surface area (Å²) >= 11 is 0. The molecule has 3 rings (SSSR count). The van der Waals surface area contributed by atoms with Crippen LogP contribution in [0.25, 0.3) is 0 Å². The van der Waals surface area contributed by atoms with Crippen molar-refractivity contribution in [3.05, 3.63) is 83.8 Å². The van der Waals surface area contributed by atoms with E-state index in [9.17, 15) is 35.4 Å². The minimum Gasteiger partial charge on any atom is -0.485 e. The van der Waals surface area contributed by atoms with Gasteiger partial charge >= 0.3 is 0 Å². The highest BCUT2D eigenvalue weighted by Gasteiger charge is 2.44. The van der Waals surface area contributed by atoms with Gasteiger partial charge in [-0.05, 0) is 50.6 Å². The highest BCUT2D eigenvalue weighted by molar-refractivity contribution is 5.46. The maximum absolute atomic E-state index is 13.0. The van der Waals surface area contributed by atoms with Crippen molar-refractivity contribution in [1.82, 2.24) is 4.57 Å². The molecular weight excluding hydrogens is 452 g/mol. The second kappa shape index (κ2) is 9.36. The third kappa shape index (κ3) is 5.07. The standard InChI is InChI=1S/C21H22N4O9/c1-12(33-24(28)29)17(34-25(30)31)9-13-6-7-23(18(26)10-13)19-15-8-14(11-22)4-5-16(15)32-21(2,3)20(19)27/h4-8,10,12,17,19-20,27H,9H2,1-3H3/t12?,17?,19-,20+/m1/s1. The largest absolute Gasteiger partial charge is 0.485 e. The lowest BCUT2D eigenvalue weighted by atomic mass is 9.85. The van der Waals surface area contributed by atoms with Crippen LogP contribution in [0.3, 0.4) is 0 Å². The molecule has 13 heteroatoms. The van der Waals surface area contributed by atoms with Crippen molar-refractivity contribution >= 4 is 0 Å². The van der Waals surface area contributed by atoms with Gasteiger partial charge in [-0.1, -0.05) is 0 Å². The number of rotatable bonds is 8. The minimum absolute atomic E-state index is 0.219. The molecule has 0 bridgehead atoms. The molecule has 2 aromatic rings. The number of hydrogen-bond acceptors (Lipinski definition) is 10. The zero-order valence-corrected chi connectivity index (χ0v) is 18.5. The lowest BCUT2D eigenvalue weighted by Crippen LogP contribution is -2.52. The van der Waals surface area contributed by atoms with Crippen molar-refractivity contribution in [1.29, 1.82) is 5.26 Å². The van der Waals surface area contributed by atoms with Gasteiger partial charge in [0.25, 0.3) is 15.7 Å². The second-order valence-corrected chi connectivity index (χ2v) is 8.35. The number of aliphatic hydroxyl groups excluding tert-OH is 1. The first-order chi connectivity index (χ1) is 15.9. The number of nitrogens with zero attached hydrogens (tertiary/aromatic N) is 4. The van der Waals surface area contributed by atoms with Crippen molar-refractivity contribution < 1.29 is 29.7 Å². The van der Waals surface area contributed by atoms with Crippen molar-refractivity contribution in [2.24, 2.45) is 0 Å². The number of hydrogen-bond donors (Lipinski definition) is 1. The van der Waals surface area contributed by atoms with E-state index in [2.05, 4.69) is 9.68 Å². The number of aliphatic hydroxyl groups is 1. The summed E-state index contributed by atoms with van der Waals surface area (Å²) in [6, 6.07) is 8.52. The van der Waals surface area contributed by atoms with Crippen LogP contribution >= 0.6 is 0 Å². The maximum atomic E-state index is 13.0. The third-order valence-corrected chi connectivity index (χ3v) is 5.59. The maximum Gasteiger partial charge on any atom is 0.294 e. The van der Waals surface area contributed by atoms with Crippen molar-refractivity contribution in [3.8, 4) is 11.8 Å². The average molecular weight is 474 g/mol. The van der Waals surface area contributed by atoms with Crippen LogP contribution in [0.2, 0.25) is 0 Å². The van der Waals surface area contributed by atoms with Gasteiger partial charge in [0, 0.05) is 24.2 Å². The van der Waals surface area contributed by atoms with Crippen LogP contribution in [-0.2, 0) is 16.1 Å². The minimum atomic E-state index is -1.35. The van der Waals surface area contributed by atoms with Gasteiger partial charge in [-0.3, -0.25) is 4.79 Å². The van der Waals surface area contributed by atoms with Gasteiger partial charge in [-0.15, -0.1) is 20.2 Å².